The van der Waals surface area contributed by atoms with Gasteiger partial charge >= 0.3 is 23.9 Å². The molecule has 7 aromatic rings. The normalized spacial score (nSPS) is 19.6. The summed E-state index contributed by atoms with van der Waals surface area (Å²) < 4.78 is 55.6. The van der Waals surface area contributed by atoms with Crippen LogP contribution in [0.1, 0.15) is 83.8 Å². The van der Waals surface area contributed by atoms with Crippen molar-refractivity contribution in [1.29, 1.82) is 0 Å². The Balaban J connectivity index is 0.948. The number of hydrogen-bond donors (Lipinski definition) is 1. The Morgan fingerprint density at radius 1 is 0.531 bits per heavy atom. The van der Waals surface area contributed by atoms with Crippen LogP contribution in [0, 0.1) is 0 Å². The lowest BCUT2D eigenvalue weighted by atomic mass is 9.79. The van der Waals surface area contributed by atoms with Gasteiger partial charge in [0.05, 0.1) is 55.2 Å². The first-order valence-corrected chi connectivity index (χ1v) is 26.8. The average molecular weight is 1100 g/mol. The second-order valence-corrected chi connectivity index (χ2v) is 19.4. The van der Waals surface area contributed by atoms with Crippen LogP contribution in [0.5, 0.6) is 11.5 Å². The molecule has 0 bridgehead atoms. The molecular weight excluding hydrogens is 1030 g/mol. The fourth-order valence-electron chi connectivity index (χ4n) is 10.1. The second-order valence-electron chi connectivity index (χ2n) is 19.4. The fraction of sp³-hybridized carbons (Fsp3) is 0.277. The van der Waals surface area contributed by atoms with Crippen molar-refractivity contribution in [1.82, 2.24) is 4.90 Å². The number of likely N-dealkylation sites (tertiary alicyclic amines) is 1. The van der Waals surface area contributed by atoms with Crippen molar-refractivity contribution in [3.8, 4) is 11.5 Å². The zero-order valence-corrected chi connectivity index (χ0v) is 44.9. The summed E-state index contributed by atoms with van der Waals surface area (Å²) in [5.74, 6) is -2.08. The Morgan fingerprint density at radius 3 is 1.43 bits per heavy atom. The molecule has 0 aliphatic carbocycles. The number of unbranched alkanes of at least 4 members (excludes halogenated alkanes) is 1. The third-order valence-corrected chi connectivity index (χ3v) is 14.2. The van der Waals surface area contributed by atoms with E-state index in [1.54, 1.807) is 116 Å². The first kappa shape index (κ1) is 57.0. The molecule has 2 unspecified atom stereocenters. The lowest BCUT2D eigenvalue weighted by molar-refractivity contribution is -0.298. The number of hydrogen-bond acceptors (Lipinski definition) is 15. The Bertz CT molecular complexity index is 3100. The van der Waals surface area contributed by atoms with E-state index in [0.717, 1.165) is 16.7 Å². The summed E-state index contributed by atoms with van der Waals surface area (Å²) in [4.78, 5) is 71.4. The first-order valence-electron chi connectivity index (χ1n) is 26.8. The van der Waals surface area contributed by atoms with Gasteiger partial charge in [0.15, 0.2) is 24.6 Å². The predicted molar refractivity (Wildman–Crippen MR) is 297 cm³/mol. The van der Waals surface area contributed by atoms with Gasteiger partial charge in [0.1, 0.15) is 29.8 Å². The molecule has 2 aliphatic heterocycles. The number of aliphatic hydroxyl groups excluding tert-OH is 1. The molecule has 418 valence electrons. The Kier molecular flexibility index (Phi) is 19.3. The van der Waals surface area contributed by atoms with Crippen LogP contribution in [0.3, 0.4) is 0 Å². The standard InChI is InChI=1S/C65H63NO15/c1-73-52-35-31-49(32-36-52)65(48-28-16-7-17-29-48,50-33-37-53(74-2)38-34-50)81-54-40-51(42-67)66(41-54)56(68)30-18-19-39-75-64-59(80-63(72)47-26-14-6-15-27-47)58(79-62(71)46-24-12-5-13-25-46)57(78-61(70)45-22-10-4-11-23-45)55(77-64)43-76-60(69)44-20-8-3-9-21-44/h3-17,20-29,31-38,51,54-55,57-59,64,67H,18-19,30,39-43H2,1-2H3/t51-,54+,55?,57+,58-,59?,64-/m0/s1. The van der Waals surface area contributed by atoms with Gasteiger partial charge in [-0.3, -0.25) is 4.79 Å². The number of ether oxygens (including phenoxy) is 9. The number of amides is 1. The van der Waals surface area contributed by atoms with Gasteiger partial charge in [-0.2, -0.15) is 0 Å². The highest BCUT2D eigenvalue weighted by Crippen LogP contribution is 2.44. The van der Waals surface area contributed by atoms with Crippen molar-refractivity contribution in [3.05, 3.63) is 239 Å². The first-order chi connectivity index (χ1) is 39.6. The van der Waals surface area contributed by atoms with Crippen LogP contribution in [0.15, 0.2) is 200 Å². The van der Waals surface area contributed by atoms with Crippen molar-refractivity contribution >= 4 is 29.8 Å². The quantitative estimate of drug-likeness (QED) is 0.0276. The van der Waals surface area contributed by atoms with Gasteiger partial charge < -0.3 is 52.6 Å². The van der Waals surface area contributed by atoms with Crippen LogP contribution in [-0.4, -0.2) is 123 Å². The number of carbonyl (C=O) groups excluding carboxylic acids is 5. The maximum Gasteiger partial charge on any atom is 0.338 e. The number of benzene rings is 7. The number of nitrogens with zero attached hydrogens (tertiary/aromatic N) is 1. The van der Waals surface area contributed by atoms with E-state index in [0.29, 0.717) is 24.3 Å². The smallest absolute Gasteiger partial charge is 0.338 e. The van der Waals surface area contributed by atoms with Crippen LogP contribution in [0.25, 0.3) is 0 Å². The van der Waals surface area contributed by atoms with E-state index < -0.39 is 78.9 Å². The molecule has 16 nitrogen and oxygen atoms in total. The van der Waals surface area contributed by atoms with Gasteiger partial charge in [-0.1, -0.05) is 127 Å². The lowest BCUT2D eigenvalue weighted by Crippen LogP contribution is -2.63. The second kappa shape index (κ2) is 27.5. The molecule has 0 aromatic heterocycles. The van der Waals surface area contributed by atoms with Crippen molar-refractivity contribution < 1.29 is 71.7 Å². The summed E-state index contributed by atoms with van der Waals surface area (Å²) in [6.45, 7) is -0.687. The summed E-state index contributed by atoms with van der Waals surface area (Å²) in [5, 5.41) is 10.8. The molecule has 81 heavy (non-hydrogen) atoms. The minimum atomic E-state index is -1.60. The average Bonchev–Trinajstić information content (AvgIpc) is 4.16. The molecule has 7 atom stereocenters. The minimum absolute atomic E-state index is 0.0677. The summed E-state index contributed by atoms with van der Waals surface area (Å²) in [6.07, 6.45) is -7.08. The molecule has 9 rings (SSSR count). The molecule has 2 aliphatic rings. The van der Waals surface area contributed by atoms with E-state index in [2.05, 4.69) is 0 Å². The lowest BCUT2D eigenvalue weighted by Gasteiger charge is -2.44. The number of methoxy groups -OCH3 is 2. The Morgan fingerprint density at radius 2 is 0.963 bits per heavy atom. The van der Waals surface area contributed by atoms with E-state index in [-0.39, 0.29) is 60.8 Å². The van der Waals surface area contributed by atoms with E-state index in [1.165, 1.54) is 24.3 Å². The Hall–Kier alpha value is -8.67. The number of rotatable bonds is 23. The molecule has 2 heterocycles. The molecule has 16 heteroatoms. The van der Waals surface area contributed by atoms with Gasteiger partial charge in [0.25, 0.3) is 0 Å². The summed E-state index contributed by atoms with van der Waals surface area (Å²) in [7, 11) is 3.21. The highest BCUT2D eigenvalue weighted by Gasteiger charge is 2.54. The number of esters is 4. The van der Waals surface area contributed by atoms with Crippen LogP contribution in [-0.2, 0) is 43.6 Å². The number of carbonyl (C=O) groups is 5. The monoisotopic (exact) mass is 1100 g/mol. The van der Waals surface area contributed by atoms with Crippen molar-refractivity contribution in [2.24, 2.45) is 0 Å². The van der Waals surface area contributed by atoms with Crippen molar-refractivity contribution in [2.75, 3.05) is 40.6 Å². The summed E-state index contributed by atoms with van der Waals surface area (Å²) >= 11 is 0. The minimum Gasteiger partial charge on any atom is -0.497 e. The summed E-state index contributed by atoms with van der Waals surface area (Å²) in [6, 6.07) is 57.2. The predicted octanol–water partition coefficient (Wildman–Crippen LogP) is 9.42. The molecule has 0 spiro atoms. The third kappa shape index (κ3) is 13.9. The van der Waals surface area contributed by atoms with E-state index in [4.69, 9.17) is 42.6 Å². The molecule has 2 saturated heterocycles. The highest BCUT2D eigenvalue weighted by atomic mass is 16.7. The summed E-state index contributed by atoms with van der Waals surface area (Å²) in [5.41, 5.74) is 2.04. The highest BCUT2D eigenvalue weighted by molar-refractivity contribution is 5.91. The topological polar surface area (TPSA) is 192 Å². The largest absolute Gasteiger partial charge is 0.497 e. The number of aliphatic hydroxyl groups is 1. The van der Waals surface area contributed by atoms with Crippen molar-refractivity contribution in [2.45, 2.75) is 74.1 Å². The fourth-order valence-corrected chi connectivity index (χ4v) is 10.1. The van der Waals surface area contributed by atoms with Crippen LogP contribution in [0.2, 0.25) is 0 Å². The molecule has 1 amide bonds. The van der Waals surface area contributed by atoms with Crippen LogP contribution < -0.4 is 9.47 Å². The molecule has 0 saturated carbocycles. The van der Waals surface area contributed by atoms with Gasteiger partial charge in [0, 0.05) is 19.6 Å². The zero-order valence-electron chi connectivity index (χ0n) is 44.9. The van der Waals surface area contributed by atoms with Gasteiger partial charge in [-0.05, 0) is 109 Å². The van der Waals surface area contributed by atoms with E-state index in [1.807, 2.05) is 78.9 Å². The van der Waals surface area contributed by atoms with E-state index >= 15 is 0 Å². The molecule has 7 aromatic carbocycles. The molecule has 0 radical (unpaired) electrons. The van der Waals surface area contributed by atoms with Crippen LogP contribution >= 0.6 is 0 Å². The maximum atomic E-state index is 14.3. The van der Waals surface area contributed by atoms with Crippen LogP contribution in [0.4, 0.5) is 0 Å². The SMILES string of the molecule is COc1ccc(C(O[C@@H]2C[C@@H](CO)N(C(=O)CCCCO[C@H]3OC(COC(=O)c4ccccc4)[C@@H](OC(=O)c4ccccc4)[C@H](OC(=O)c4ccccc4)C3OC(=O)c3ccccc3)C2)(c2ccccc2)c2ccc(OC)cc2)cc1. The van der Waals surface area contributed by atoms with Gasteiger partial charge in [0.2, 0.25) is 5.91 Å². The molecular formula is C65H63NO15. The van der Waals surface area contributed by atoms with Gasteiger partial charge in [-0.15, -0.1) is 0 Å². The Labute approximate surface area is 470 Å². The van der Waals surface area contributed by atoms with E-state index in [9.17, 15) is 29.1 Å². The maximum absolute atomic E-state index is 14.3. The molecule has 2 fully saturated rings. The van der Waals surface area contributed by atoms with Gasteiger partial charge in [-0.25, -0.2) is 19.2 Å². The molecule has 1 N–H and O–H groups in total. The zero-order chi connectivity index (χ0) is 56.6. The third-order valence-electron chi connectivity index (χ3n) is 14.2. The van der Waals surface area contributed by atoms with Crippen molar-refractivity contribution in [3.63, 3.8) is 0 Å².